The number of benzene rings is 2. The second-order valence-electron chi connectivity index (χ2n) is 6.48. The van der Waals surface area contributed by atoms with Crippen molar-refractivity contribution in [2.45, 2.75) is 59.6 Å². The van der Waals surface area contributed by atoms with Gasteiger partial charge in [-0.15, -0.1) is 0 Å². The Labute approximate surface area is 164 Å². The van der Waals surface area contributed by atoms with Crippen LogP contribution < -0.4 is 15.4 Å². The van der Waals surface area contributed by atoms with Gasteiger partial charge in [0.25, 0.3) is 0 Å². The van der Waals surface area contributed by atoms with E-state index in [1.54, 1.807) is 0 Å². The number of rotatable bonds is 10. The summed E-state index contributed by atoms with van der Waals surface area (Å²) in [4.78, 5) is 10.6. The van der Waals surface area contributed by atoms with E-state index in [1.807, 2.05) is 48.5 Å². The molecule has 0 heterocycles. The van der Waals surface area contributed by atoms with Gasteiger partial charge in [-0.1, -0.05) is 57.2 Å². The lowest BCUT2D eigenvalue weighted by Gasteiger charge is -2.12. The first-order chi connectivity index (χ1) is 13.1. The first-order valence-corrected chi connectivity index (χ1v) is 9.87. The Balaban J connectivity index is 0.000000387. The van der Waals surface area contributed by atoms with Crippen LogP contribution in [0.2, 0.25) is 0 Å². The molecule has 0 aliphatic heterocycles. The van der Waals surface area contributed by atoms with Crippen LogP contribution in [0.5, 0.6) is 5.75 Å². The summed E-state index contributed by atoms with van der Waals surface area (Å²) in [7, 11) is 0. The molecule has 0 fully saturated rings. The molecular formula is C23H34N2O2. The third-order valence-corrected chi connectivity index (χ3v) is 4.26. The molecule has 27 heavy (non-hydrogen) atoms. The zero-order chi connectivity index (χ0) is 19.9. The predicted molar refractivity (Wildman–Crippen MR) is 114 cm³/mol. The van der Waals surface area contributed by atoms with Gasteiger partial charge in [-0.3, -0.25) is 4.79 Å². The maximum Gasteiger partial charge on any atom is 0.211 e. The molecule has 1 unspecified atom stereocenters. The summed E-state index contributed by atoms with van der Waals surface area (Å²) in [5.41, 5.74) is 2.97. The van der Waals surface area contributed by atoms with Crippen molar-refractivity contribution in [3.8, 4) is 5.75 Å². The van der Waals surface area contributed by atoms with Crippen LogP contribution in [0, 0.1) is 0 Å². The molecular weight excluding hydrogens is 336 g/mol. The van der Waals surface area contributed by atoms with Crippen molar-refractivity contribution in [1.82, 2.24) is 5.32 Å². The van der Waals surface area contributed by atoms with Crippen LogP contribution in [0.1, 0.15) is 51.7 Å². The summed E-state index contributed by atoms with van der Waals surface area (Å²) in [6.07, 6.45) is 4.07. The highest BCUT2D eigenvalue weighted by molar-refractivity contribution is 5.75. The number of ether oxygens (including phenoxy) is 1. The first kappa shape index (κ1) is 22.7. The summed E-state index contributed by atoms with van der Waals surface area (Å²) >= 11 is 0. The van der Waals surface area contributed by atoms with Gasteiger partial charge in [0, 0.05) is 6.04 Å². The maximum absolute atomic E-state index is 10.6. The molecule has 2 aromatic rings. The number of hydrogen-bond donors (Lipinski definition) is 2. The zero-order valence-corrected chi connectivity index (χ0v) is 17.1. The molecule has 1 atom stereocenters. The average molecular weight is 371 g/mol. The van der Waals surface area contributed by atoms with E-state index in [2.05, 4.69) is 38.3 Å². The Morgan fingerprint density at radius 3 is 2.37 bits per heavy atom. The maximum atomic E-state index is 10.6. The van der Waals surface area contributed by atoms with E-state index in [9.17, 15) is 4.79 Å². The van der Waals surface area contributed by atoms with Crippen molar-refractivity contribution in [1.29, 1.82) is 0 Å². The molecule has 2 rings (SSSR count). The third kappa shape index (κ3) is 9.25. The Kier molecular flexibility index (Phi) is 11.6. The lowest BCUT2D eigenvalue weighted by atomic mass is 10.1. The van der Waals surface area contributed by atoms with Crippen molar-refractivity contribution in [3.63, 3.8) is 0 Å². The van der Waals surface area contributed by atoms with Gasteiger partial charge >= 0.3 is 0 Å². The standard InChI is InChI=1S/C16H17NO2.C7H17N/c1-2-13-8-9-16(15(10-13)17-12-18)19-11-14-6-4-3-5-7-14;1-4-6-8-7(3)5-2/h3-10,12H,2,11H2,1H3,(H,17,18);7-8H,4-6H2,1-3H3. The number of nitrogens with one attached hydrogen (secondary N) is 2. The van der Waals surface area contributed by atoms with Gasteiger partial charge in [-0.05, 0) is 56.0 Å². The van der Waals surface area contributed by atoms with Crippen LogP contribution >= 0.6 is 0 Å². The summed E-state index contributed by atoms with van der Waals surface area (Å²) < 4.78 is 5.75. The monoisotopic (exact) mass is 370 g/mol. The second kappa shape index (κ2) is 13.8. The van der Waals surface area contributed by atoms with Crippen LogP contribution in [0.15, 0.2) is 48.5 Å². The van der Waals surface area contributed by atoms with E-state index in [0.717, 1.165) is 24.1 Å². The molecule has 0 aliphatic carbocycles. The van der Waals surface area contributed by atoms with E-state index < -0.39 is 0 Å². The minimum atomic E-state index is 0.486. The van der Waals surface area contributed by atoms with E-state index in [4.69, 9.17) is 4.74 Å². The minimum absolute atomic E-state index is 0.486. The Bertz CT molecular complexity index is 644. The minimum Gasteiger partial charge on any atom is -0.487 e. The smallest absolute Gasteiger partial charge is 0.211 e. The number of hydrogen-bond acceptors (Lipinski definition) is 3. The third-order valence-electron chi connectivity index (χ3n) is 4.26. The molecule has 1 amide bonds. The SMILES string of the molecule is CCCNC(C)CC.CCc1ccc(OCc2ccccc2)c(NC=O)c1. The van der Waals surface area contributed by atoms with E-state index in [1.165, 1.54) is 12.8 Å². The van der Waals surface area contributed by atoms with Crippen LogP contribution in [0.25, 0.3) is 0 Å². The number of anilines is 1. The van der Waals surface area contributed by atoms with E-state index in [0.29, 0.717) is 30.5 Å². The molecule has 0 saturated heterocycles. The number of amides is 1. The molecule has 0 bridgehead atoms. The largest absolute Gasteiger partial charge is 0.487 e. The second-order valence-corrected chi connectivity index (χ2v) is 6.48. The van der Waals surface area contributed by atoms with Crippen molar-refractivity contribution >= 4 is 12.1 Å². The highest BCUT2D eigenvalue weighted by Gasteiger charge is 2.04. The fourth-order valence-electron chi connectivity index (χ4n) is 2.37. The van der Waals surface area contributed by atoms with Crippen molar-refractivity contribution in [2.24, 2.45) is 0 Å². The lowest BCUT2D eigenvalue weighted by Crippen LogP contribution is -2.25. The van der Waals surface area contributed by atoms with Gasteiger partial charge in [0.05, 0.1) is 5.69 Å². The van der Waals surface area contributed by atoms with Gasteiger partial charge in [-0.2, -0.15) is 0 Å². The number of carbonyl (C=O) groups excluding carboxylic acids is 1. The van der Waals surface area contributed by atoms with Gasteiger partial charge in [0.1, 0.15) is 12.4 Å². The first-order valence-electron chi connectivity index (χ1n) is 9.87. The van der Waals surface area contributed by atoms with E-state index >= 15 is 0 Å². The van der Waals surface area contributed by atoms with Crippen molar-refractivity contribution < 1.29 is 9.53 Å². The van der Waals surface area contributed by atoms with Crippen LogP contribution in [0.3, 0.4) is 0 Å². The summed E-state index contributed by atoms with van der Waals surface area (Å²) in [6, 6.07) is 16.5. The van der Waals surface area contributed by atoms with E-state index in [-0.39, 0.29) is 0 Å². The molecule has 0 aromatic heterocycles. The molecule has 0 radical (unpaired) electrons. The summed E-state index contributed by atoms with van der Waals surface area (Å²) in [5, 5.41) is 6.06. The fourth-order valence-corrected chi connectivity index (χ4v) is 2.37. The van der Waals surface area contributed by atoms with Gasteiger partial charge in [0.2, 0.25) is 6.41 Å². The Hall–Kier alpha value is -2.33. The summed E-state index contributed by atoms with van der Waals surface area (Å²) in [5.74, 6) is 0.688. The van der Waals surface area contributed by atoms with Crippen molar-refractivity contribution in [2.75, 3.05) is 11.9 Å². The highest BCUT2D eigenvalue weighted by atomic mass is 16.5. The molecule has 0 aliphatic rings. The predicted octanol–water partition coefficient (Wildman–Crippen LogP) is 5.18. The van der Waals surface area contributed by atoms with Crippen LogP contribution in [-0.4, -0.2) is 19.0 Å². The quantitative estimate of drug-likeness (QED) is 0.567. The molecule has 0 saturated carbocycles. The summed E-state index contributed by atoms with van der Waals surface area (Å²) in [6.45, 7) is 10.3. The molecule has 4 heteroatoms. The zero-order valence-electron chi connectivity index (χ0n) is 17.1. The molecule has 2 aromatic carbocycles. The molecule has 2 N–H and O–H groups in total. The van der Waals surface area contributed by atoms with Gasteiger partial charge < -0.3 is 15.4 Å². The van der Waals surface area contributed by atoms with Crippen LogP contribution in [-0.2, 0) is 17.8 Å². The van der Waals surface area contributed by atoms with Gasteiger partial charge in [0.15, 0.2) is 0 Å². The normalized spacial score (nSPS) is 11.1. The Morgan fingerprint density at radius 2 is 1.78 bits per heavy atom. The molecule has 4 nitrogen and oxygen atoms in total. The van der Waals surface area contributed by atoms with Crippen LogP contribution in [0.4, 0.5) is 5.69 Å². The van der Waals surface area contributed by atoms with Crippen molar-refractivity contribution in [3.05, 3.63) is 59.7 Å². The molecule has 148 valence electrons. The fraction of sp³-hybridized carbons (Fsp3) is 0.435. The molecule has 0 spiro atoms. The Morgan fingerprint density at radius 1 is 1.04 bits per heavy atom. The topological polar surface area (TPSA) is 50.4 Å². The lowest BCUT2D eigenvalue weighted by molar-refractivity contribution is -0.105. The number of carbonyl (C=O) groups is 1. The van der Waals surface area contributed by atoms with Gasteiger partial charge in [-0.25, -0.2) is 0 Å². The number of aryl methyl sites for hydroxylation is 1. The highest BCUT2D eigenvalue weighted by Crippen LogP contribution is 2.26. The average Bonchev–Trinajstić information content (AvgIpc) is 2.72.